The molecule has 5 nitrogen and oxygen atoms in total. The van der Waals surface area contributed by atoms with Gasteiger partial charge in [0.05, 0.1) is 12.9 Å². The van der Waals surface area contributed by atoms with E-state index >= 15 is 0 Å². The lowest BCUT2D eigenvalue weighted by Crippen LogP contribution is -2.46. The summed E-state index contributed by atoms with van der Waals surface area (Å²) in [6, 6.07) is 7.10. The Balaban J connectivity index is 0.00000200. The summed E-state index contributed by atoms with van der Waals surface area (Å²) < 4.78 is 31.3. The first-order chi connectivity index (χ1) is 9.01. The number of methoxy groups -OCH3 is 1. The minimum atomic E-state index is -3.30. The molecular formula is C13H21ClN2O3S. The first kappa shape index (κ1) is 17.2. The highest BCUT2D eigenvalue weighted by molar-refractivity contribution is 7.88. The molecule has 1 saturated heterocycles. The number of nitrogens with zero attached hydrogens (tertiary/aromatic N) is 1. The van der Waals surface area contributed by atoms with Gasteiger partial charge < -0.3 is 10.5 Å². The fraction of sp³-hybridized carbons (Fsp3) is 0.538. The molecule has 1 fully saturated rings. The van der Waals surface area contributed by atoms with E-state index in [1.165, 1.54) is 4.31 Å². The van der Waals surface area contributed by atoms with Crippen molar-refractivity contribution in [1.82, 2.24) is 4.31 Å². The van der Waals surface area contributed by atoms with E-state index in [-0.39, 0.29) is 24.2 Å². The van der Waals surface area contributed by atoms with E-state index in [1.807, 2.05) is 0 Å². The maximum Gasteiger partial charge on any atom is 0.218 e. The smallest absolute Gasteiger partial charge is 0.218 e. The second kappa shape index (κ2) is 7.26. The summed E-state index contributed by atoms with van der Waals surface area (Å²) >= 11 is 0. The van der Waals surface area contributed by atoms with Crippen LogP contribution >= 0.6 is 12.4 Å². The Morgan fingerprint density at radius 1 is 1.45 bits per heavy atom. The molecule has 0 amide bonds. The molecule has 1 atom stereocenters. The maximum atomic E-state index is 12.3. The van der Waals surface area contributed by atoms with Crippen molar-refractivity contribution in [2.24, 2.45) is 5.73 Å². The Morgan fingerprint density at radius 3 is 2.85 bits per heavy atom. The summed E-state index contributed by atoms with van der Waals surface area (Å²) in [5, 5.41) is 0. The van der Waals surface area contributed by atoms with E-state index in [0.29, 0.717) is 18.8 Å². The molecule has 0 radical (unpaired) electrons. The van der Waals surface area contributed by atoms with E-state index in [9.17, 15) is 8.42 Å². The molecule has 114 valence electrons. The number of benzene rings is 1. The molecule has 1 aromatic carbocycles. The van der Waals surface area contributed by atoms with Crippen LogP contribution in [-0.2, 0) is 15.8 Å². The Morgan fingerprint density at radius 2 is 2.20 bits per heavy atom. The molecule has 1 aliphatic rings. The number of sulfonamides is 1. The molecule has 0 aromatic heterocycles. The molecule has 1 aliphatic heterocycles. The Bertz CT molecular complexity index is 536. The quantitative estimate of drug-likeness (QED) is 0.909. The van der Waals surface area contributed by atoms with Crippen molar-refractivity contribution in [2.75, 3.05) is 20.2 Å². The number of nitrogens with two attached hydrogens (primary N) is 1. The van der Waals surface area contributed by atoms with Crippen LogP contribution in [-0.4, -0.2) is 39.0 Å². The summed E-state index contributed by atoms with van der Waals surface area (Å²) in [6.45, 7) is 0.992. The van der Waals surface area contributed by atoms with Crippen LogP contribution in [0.25, 0.3) is 0 Å². The first-order valence-corrected chi connectivity index (χ1v) is 7.98. The predicted octanol–water partition coefficient (Wildman–Crippen LogP) is 1.37. The van der Waals surface area contributed by atoms with Crippen molar-refractivity contribution in [3.63, 3.8) is 0 Å². The summed E-state index contributed by atoms with van der Waals surface area (Å²) in [6.07, 6.45) is 1.73. The molecule has 1 heterocycles. The number of ether oxygens (including phenoxy) is 1. The minimum Gasteiger partial charge on any atom is -0.497 e. The monoisotopic (exact) mass is 320 g/mol. The van der Waals surface area contributed by atoms with Gasteiger partial charge in [-0.2, -0.15) is 0 Å². The lowest BCUT2D eigenvalue weighted by Gasteiger charge is -2.29. The zero-order valence-electron chi connectivity index (χ0n) is 11.5. The molecular weight excluding hydrogens is 300 g/mol. The van der Waals surface area contributed by atoms with E-state index in [1.54, 1.807) is 31.4 Å². The van der Waals surface area contributed by atoms with E-state index in [4.69, 9.17) is 10.5 Å². The third-order valence-corrected chi connectivity index (χ3v) is 5.11. The van der Waals surface area contributed by atoms with Crippen LogP contribution in [0.5, 0.6) is 5.75 Å². The third-order valence-electron chi connectivity index (χ3n) is 3.30. The Hall–Kier alpha value is -0.820. The third kappa shape index (κ3) is 4.34. The summed E-state index contributed by atoms with van der Waals surface area (Å²) in [5.74, 6) is 0.666. The highest BCUT2D eigenvalue weighted by atomic mass is 35.5. The number of hydrogen-bond donors (Lipinski definition) is 1. The second-order valence-electron chi connectivity index (χ2n) is 4.87. The van der Waals surface area contributed by atoms with Crippen LogP contribution in [0.3, 0.4) is 0 Å². The Labute approximate surface area is 126 Å². The van der Waals surface area contributed by atoms with Crippen LogP contribution in [0.4, 0.5) is 0 Å². The van der Waals surface area contributed by atoms with E-state index < -0.39 is 10.0 Å². The van der Waals surface area contributed by atoms with Crippen molar-refractivity contribution < 1.29 is 13.2 Å². The molecule has 0 saturated carbocycles. The maximum absolute atomic E-state index is 12.3. The average Bonchev–Trinajstić information content (AvgIpc) is 2.38. The van der Waals surface area contributed by atoms with Gasteiger partial charge in [0.2, 0.25) is 10.0 Å². The van der Waals surface area contributed by atoms with Crippen molar-refractivity contribution in [1.29, 1.82) is 0 Å². The van der Waals surface area contributed by atoms with Gasteiger partial charge in [-0.25, -0.2) is 12.7 Å². The second-order valence-corrected chi connectivity index (χ2v) is 6.84. The zero-order chi connectivity index (χ0) is 13.9. The van der Waals surface area contributed by atoms with Gasteiger partial charge in [-0.15, -0.1) is 12.4 Å². The molecule has 20 heavy (non-hydrogen) atoms. The lowest BCUT2D eigenvalue weighted by molar-refractivity contribution is 0.315. The van der Waals surface area contributed by atoms with E-state index in [0.717, 1.165) is 18.4 Å². The fourth-order valence-electron chi connectivity index (χ4n) is 2.29. The molecule has 2 N–H and O–H groups in total. The molecule has 0 bridgehead atoms. The standard InChI is InChI=1S/C13H20N2O3S.ClH/c1-18-13-6-2-4-11(8-13)10-19(16,17)15-7-3-5-12(14)9-15;/h2,4,6,8,12H,3,5,7,9-10,14H2,1H3;1H. The molecule has 2 rings (SSSR count). The van der Waals surface area contributed by atoms with Crippen molar-refractivity contribution >= 4 is 22.4 Å². The van der Waals surface area contributed by atoms with Gasteiger partial charge in [-0.3, -0.25) is 0 Å². The van der Waals surface area contributed by atoms with Crippen molar-refractivity contribution in [2.45, 2.75) is 24.6 Å². The average molecular weight is 321 g/mol. The van der Waals surface area contributed by atoms with Crippen LogP contribution in [0.1, 0.15) is 18.4 Å². The molecule has 1 aromatic rings. The largest absolute Gasteiger partial charge is 0.497 e. The Kier molecular flexibility index (Phi) is 6.26. The summed E-state index contributed by atoms with van der Waals surface area (Å²) in [4.78, 5) is 0. The lowest BCUT2D eigenvalue weighted by atomic mass is 10.1. The zero-order valence-corrected chi connectivity index (χ0v) is 13.1. The number of hydrogen-bond acceptors (Lipinski definition) is 4. The van der Waals surface area contributed by atoms with E-state index in [2.05, 4.69) is 0 Å². The summed E-state index contributed by atoms with van der Waals surface area (Å²) in [7, 11) is -1.73. The van der Waals surface area contributed by atoms with Gasteiger partial charge in [-0.05, 0) is 30.5 Å². The molecule has 0 aliphatic carbocycles. The van der Waals surface area contributed by atoms with Crippen LogP contribution in [0.2, 0.25) is 0 Å². The van der Waals surface area contributed by atoms with Gasteiger partial charge in [0, 0.05) is 19.1 Å². The van der Waals surface area contributed by atoms with Gasteiger partial charge in [-0.1, -0.05) is 12.1 Å². The fourth-order valence-corrected chi connectivity index (χ4v) is 3.90. The van der Waals surface area contributed by atoms with Crippen LogP contribution in [0, 0.1) is 0 Å². The van der Waals surface area contributed by atoms with Gasteiger partial charge >= 0.3 is 0 Å². The predicted molar refractivity (Wildman–Crippen MR) is 81.6 cm³/mol. The van der Waals surface area contributed by atoms with Crippen molar-refractivity contribution in [3.8, 4) is 5.75 Å². The number of halogens is 1. The highest BCUT2D eigenvalue weighted by Gasteiger charge is 2.27. The molecule has 1 unspecified atom stereocenters. The van der Waals surface area contributed by atoms with Gasteiger partial charge in [0.15, 0.2) is 0 Å². The summed E-state index contributed by atoms with van der Waals surface area (Å²) in [5.41, 5.74) is 6.57. The minimum absolute atomic E-state index is 0. The SMILES string of the molecule is COc1cccc(CS(=O)(=O)N2CCCC(N)C2)c1.Cl. The number of piperidine rings is 1. The van der Waals surface area contributed by atoms with Gasteiger partial charge in [0.25, 0.3) is 0 Å². The first-order valence-electron chi connectivity index (χ1n) is 6.37. The normalized spacial score (nSPS) is 20.2. The van der Waals surface area contributed by atoms with Gasteiger partial charge in [0.1, 0.15) is 5.75 Å². The number of rotatable bonds is 4. The van der Waals surface area contributed by atoms with Crippen LogP contribution < -0.4 is 10.5 Å². The highest BCUT2D eigenvalue weighted by Crippen LogP contribution is 2.19. The molecule has 7 heteroatoms. The van der Waals surface area contributed by atoms with Crippen molar-refractivity contribution in [3.05, 3.63) is 29.8 Å². The molecule has 0 spiro atoms. The van der Waals surface area contributed by atoms with Crippen LogP contribution in [0.15, 0.2) is 24.3 Å². The topological polar surface area (TPSA) is 72.6 Å².